The molecule has 36 heavy (non-hydrogen) atoms. The van der Waals surface area contributed by atoms with Gasteiger partial charge in [-0.1, -0.05) is 47.5 Å². The quantitative estimate of drug-likeness (QED) is 0.143. The summed E-state index contributed by atoms with van der Waals surface area (Å²) < 4.78 is 0. The molecule has 2 aliphatic carbocycles. The van der Waals surface area contributed by atoms with Crippen molar-refractivity contribution in [2.45, 2.75) is 12.8 Å². The molecular weight excluding hydrogens is 484 g/mol. The summed E-state index contributed by atoms with van der Waals surface area (Å²) in [5, 5.41) is 0. The molecule has 0 nitrogen and oxygen atoms in total. The molecule has 0 saturated heterocycles. The van der Waals surface area contributed by atoms with Crippen molar-refractivity contribution in [2.24, 2.45) is 0 Å². The normalized spacial score (nSPS) is 10.3. The minimum Gasteiger partial charge on any atom is -0.179 e. The van der Waals surface area contributed by atoms with Gasteiger partial charge in [0.15, 0.2) is 0 Å². The van der Waals surface area contributed by atoms with E-state index in [0.29, 0.717) is 0 Å². The van der Waals surface area contributed by atoms with Crippen molar-refractivity contribution in [3.8, 4) is 11.1 Å². The van der Waals surface area contributed by atoms with E-state index in [0.717, 1.165) is 24.0 Å². The van der Waals surface area contributed by atoms with Gasteiger partial charge in [-0.15, -0.1) is 36.2 Å². The van der Waals surface area contributed by atoms with E-state index in [9.17, 15) is 0 Å². The van der Waals surface area contributed by atoms with Gasteiger partial charge in [-0.2, -0.15) is 85.1 Å². The Bertz CT molecular complexity index is 1060. The Balaban J connectivity index is 0.000000464. The molecule has 0 fully saturated rings. The predicted molar refractivity (Wildman–Crippen MR) is 158 cm³/mol. The summed E-state index contributed by atoms with van der Waals surface area (Å²) in [5.74, 6) is 0. The van der Waals surface area contributed by atoms with Crippen LogP contribution in [0.3, 0.4) is 0 Å². The molecule has 0 N–H and O–H groups in total. The van der Waals surface area contributed by atoms with Gasteiger partial charge < -0.3 is 14.9 Å². The Labute approximate surface area is 234 Å². The molecular formula is C34H36SiTi-6. The average molecular weight is 521 g/mol. The molecule has 0 amide bonds. The zero-order valence-corrected chi connectivity index (χ0v) is 24.6. The summed E-state index contributed by atoms with van der Waals surface area (Å²) in [6.07, 6.45) is 11.0. The molecule has 0 unspecified atom stereocenters. The van der Waals surface area contributed by atoms with E-state index < -0.39 is 0 Å². The van der Waals surface area contributed by atoms with Gasteiger partial charge in [-0.05, 0) is 6.42 Å². The van der Waals surface area contributed by atoms with E-state index >= 15 is 0 Å². The van der Waals surface area contributed by atoms with Crippen LogP contribution < -0.4 is 0 Å². The van der Waals surface area contributed by atoms with Gasteiger partial charge >= 0.3 is 26.8 Å². The minimum absolute atomic E-state index is 0. The van der Waals surface area contributed by atoms with Gasteiger partial charge in [0.2, 0.25) is 0 Å². The molecule has 0 heterocycles. The maximum absolute atomic E-state index is 3.72. The Morgan fingerprint density at radius 2 is 1.19 bits per heavy atom. The maximum atomic E-state index is 3.72. The largest absolute Gasteiger partial charge is 0.179 e. The first kappa shape index (κ1) is 33.0. The van der Waals surface area contributed by atoms with Crippen molar-refractivity contribution in [2.75, 3.05) is 0 Å². The number of hydrogen-bond acceptors (Lipinski definition) is 0. The molecule has 0 saturated carbocycles. The molecule has 0 aromatic heterocycles. The van der Waals surface area contributed by atoms with E-state index in [1.54, 1.807) is 0 Å². The van der Waals surface area contributed by atoms with Gasteiger partial charge in [0.25, 0.3) is 0 Å². The third kappa shape index (κ3) is 12.1. The van der Waals surface area contributed by atoms with Crippen LogP contribution in [-0.2, 0) is 25.6 Å². The number of rotatable bonds is 0. The molecule has 0 aliphatic heterocycles. The Hall–Kier alpha value is -2.97. The van der Waals surface area contributed by atoms with Crippen LogP contribution in [0.2, 0.25) is 0 Å². The van der Waals surface area contributed by atoms with Crippen LogP contribution in [0.25, 0.3) is 11.1 Å². The smallest absolute Gasteiger partial charge is 0.0253 e. The van der Waals surface area contributed by atoms with Crippen molar-refractivity contribution >= 4 is 7.63 Å². The number of hydrogen-bond donors (Lipinski definition) is 0. The topological polar surface area (TPSA) is 0 Å². The van der Waals surface area contributed by atoms with Gasteiger partial charge in [-0.3, -0.25) is 6.08 Å². The van der Waals surface area contributed by atoms with Crippen molar-refractivity contribution in [3.63, 3.8) is 0 Å². The van der Waals surface area contributed by atoms with E-state index in [-0.39, 0.29) is 14.9 Å². The monoisotopic (exact) mass is 520 g/mol. The van der Waals surface area contributed by atoms with Gasteiger partial charge in [0.05, 0.1) is 0 Å². The minimum atomic E-state index is 0. The van der Waals surface area contributed by atoms with Crippen molar-refractivity contribution < 1.29 is 19.2 Å². The summed E-state index contributed by atoms with van der Waals surface area (Å²) >= 11 is 2.03. The van der Waals surface area contributed by atoms with Crippen LogP contribution in [0.15, 0.2) is 121 Å². The third-order valence-corrected chi connectivity index (χ3v) is 4.89. The summed E-state index contributed by atoms with van der Waals surface area (Å²) in [6.45, 7) is 7.44. The molecule has 0 atom stereocenters. The van der Waals surface area contributed by atoms with Gasteiger partial charge in [-0.25, -0.2) is 12.2 Å². The van der Waals surface area contributed by atoms with E-state index in [1.807, 2.05) is 106 Å². The first-order chi connectivity index (χ1) is 16.7. The zero-order chi connectivity index (χ0) is 24.4. The van der Waals surface area contributed by atoms with E-state index in [1.165, 1.54) is 22.3 Å². The SMILES string of the molecule is [C-]1=CC=CC1.[CH2-]c1ccccc1.[CH2-]c1ccccc1.[CH3-].[CH3-].[SiH2]=[Ti].[c-]1cccc2c1Cc1ccccc1-2. The number of allylic oxidation sites excluding steroid dienone is 4. The maximum Gasteiger partial charge on any atom is -0.0253 e. The van der Waals surface area contributed by atoms with Crippen molar-refractivity contribution in [3.05, 3.63) is 184 Å². The predicted octanol–water partition coefficient (Wildman–Crippen LogP) is 8.08. The number of benzene rings is 4. The second-order valence-electron chi connectivity index (χ2n) is 7.37. The van der Waals surface area contributed by atoms with Crippen LogP contribution in [0.1, 0.15) is 28.7 Å². The molecule has 0 bridgehead atoms. The first-order valence-electron chi connectivity index (χ1n) is 11.1. The van der Waals surface area contributed by atoms with Crippen LogP contribution >= 0.6 is 0 Å². The Morgan fingerprint density at radius 3 is 1.64 bits per heavy atom. The van der Waals surface area contributed by atoms with Crippen LogP contribution in [0.5, 0.6) is 0 Å². The fourth-order valence-corrected chi connectivity index (χ4v) is 3.29. The summed E-state index contributed by atoms with van der Waals surface area (Å²) in [4.78, 5) is 0. The van der Waals surface area contributed by atoms with Crippen LogP contribution in [0.4, 0.5) is 0 Å². The molecule has 186 valence electrons. The third-order valence-electron chi connectivity index (χ3n) is 4.89. The summed E-state index contributed by atoms with van der Waals surface area (Å²) in [5.41, 5.74) is 7.65. The molecule has 6 rings (SSSR count). The standard InChI is InChI=1S/C13H9.2C7H7.C5H5.2CH3.H2Si.Ti/c1-3-7-12-10(5-1)9-11-6-2-4-8-13(11)12;2*1-7-5-3-2-4-6-7;1-2-4-5-3-1;;;;/h1-5,7-8H,9H2;2*2-6H,1H2;1-3H,4H2;2*1H3;1H2;/q6*-1;;. The zero-order valence-electron chi connectivity index (χ0n) is 21.6. The fraction of sp³-hybridized carbons (Fsp3) is 0.0588. The first-order valence-corrected chi connectivity index (χ1v) is 15.1. The Morgan fingerprint density at radius 1 is 0.667 bits per heavy atom. The van der Waals surface area contributed by atoms with Gasteiger partial charge in [0, 0.05) is 0 Å². The second-order valence-corrected chi connectivity index (χ2v) is 7.37. The van der Waals surface area contributed by atoms with Crippen LogP contribution in [0, 0.1) is 40.8 Å². The number of fused-ring (bicyclic) bond motifs is 3. The average Bonchev–Trinajstić information content (AvgIpc) is 3.59. The van der Waals surface area contributed by atoms with Crippen LogP contribution in [-0.4, -0.2) is 7.63 Å². The van der Waals surface area contributed by atoms with Crippen molar-refractivity contribution in [1.82, 2.24) is 0 Å². The second kappa shape index (κ2) is 20.2. The summed E-state index contributed by atoms with van der Waals surface area (Å²) in [7, 11) is 1.86. The molecule has 2 heteroatoms. The molecule has 0 radical (unpaired) electrons. The van der Waals surface area contributed by atoms with Gasteiger partial charge in [0.1, 0.15) is 0 Å². The van der Waals surface area contributed by atoms with E-state index in [4.69, 9.17) is 0 Å². The molecule has 4 aromatic carbocycles. The fourth-order valence-electron chi connectivity index (χ4n) is 3.29. The van der Waals surface area contributed by atoms with Crippen molar-refractivity contribution in [1.29, 1.82) is 0 Å². The molecule has 4 aromatic rings. The molecule has 2 aliphatic rings. The molecule has 0 spiro atoms. The summed E-state index contributed by atoms with van der Waals surface area (Å²) in [6, 6.07) is 37.9. The Kier molecular flexibility index (Phi) is 18.6. The van der Waals surface area contributed by atoms with E-state index in [2.05, 4.69) is 68.5 Å².